The zero-order chi connectivity index (χ0) is 10.7. The van der Waals surface area contributed by atoms with Crippen molar-refractivity contribution in [2.45, 2.75) is 32.6 Å². The van der Waals surface area contributed by atoms with Gasteiger partial charge in [0, 0.05) is 6.54 Å². The molecule has 0 unspecified atom stereocenters. The van der Waals surface area contributed by atoms with Gasteiger partial charge in [0.15, 0.2) is 0 Å². The molecular weight excluding hydrogens is 190 g/mol. The zero-order valence-corrected chi connectivity index (χ0v) is 9.50. The number of piperidine rings is 1. The number of hydrogen-bond acceptors (Lipinski definition) is 3. The fraction of sp³-hybridized carbons (Fsp3) is 0.917. The van der Waals surface area contributed by atoms with Crippen molar-refractivity contribution in [2.75, 3.05) is 19.7 Å². The van der Waals surface area contributed by atoms with Crippen LogP contribution in [-0.4, -0.2) is 25.7 Å². The topological polar surface area (TPSA) is 38.3 Å². The first-order valence-corrected chi connectivity index (χ1v) is 6.20. The number of ether oxygens (including phenoxy) is 1. The van der Waals surface area contributed by atoms with E-state index in [0.29, 0.717) is 18.4 Å². The maximum absolute atomic E-state index is 11.8. The van der Waals surface area contributed by atoms with Crippen LogP contribution in [0.4, 0.5) is 0 Å². The third-order valence-electron chi connectivity index (χ3n) is 3.84. The molecule has 86 valence electrons. The van der Waals surface area contributed by atoms with Gasteiger partial charge in [-0.15, -0.1) is 0 Å². The lowest BCUT2D eigenvalue weighted by Crippen LogP contribution is -2.48. The van der Waals surface area contributed by atoms with Gasteiger partial charge in [-0.25, -0.2) is 0 Å². The van der Waals surface area contributed by atoms with Crippen LogP contribution in [0.25, 0.3) is 0 Å². The van der Waals surface area contributed by atoms with Crippen molar-refractivity contribution >= 4 is 5.97 Å². The van der Waals surface area contributed by atoms with Crippen LogP contribution in [0, 0.1) is 17.8 Å². The van der Waals surface area contributed by atoms with E-state index in [4.69, 9.17) is 4.74 Å². The minimum Gasteiger partial charge on any atom is -0.466 e. The molecule has 2 aliphatic rings. The summed E-state index contributed by atoms with van der Waals surface area (Å²) >= 11 is 0. The van der Waals surface area contributed by atoms with Crippen molar-refractivity contribution in [3.8, 4) is 0 Å². The van der Waals surface area contributed by atoms with Crippen molar-refractivity contribution < 1.29 is 9.53 Å². The highest BCUT2D eigenvalue weighted by molar-refractivity contribution is 5.73. The van der Waals surface area contributed by atoms with E-state index in [-0.39, 0.29) is 11.9 Å². The molecule has 3 heteroatoms. The number of hydrogen-bond donors (Lipinski definition) is 1. The Hall–Kier alpha value is -0.570. The van der Waals surface area contributed by atoms with Gasteiger partial charge in [-0.3, -0.25) is 4.79 Å². The molecule has 1 aliphatic heterocycles. The Morgan fingerprint density at radius 1 is 1.33 bits per heavy atom. The number of rotatable bonds is 2. The molecule has 0 spiro atoms. The second-order valence-corrected chi connectivity index (χ2v) is 4.73. The fourth-order valence-electron chi connectivity index (χ4n) is 3.10. The number of fused-ring (bicyclic) bond motifs is 1. The maximum Gasteiger partial charge on any atom is 0.310 e. The molecular formula is C12H21NO2. The summed E-state index contributed by atoms with van der Waals surface area (Å²) in [5.74, 6) is 1.42. The van der Waals surface area contributed by atoms with Crippen LogP contribution >= 0.6 is 0 Å². The predicted molar refractivity (Wildman–Crippen MR) is 58.4 cm³/mol. The van der Waals surface area contributed by atoms with Gasteiger partial charge < -0.3 is 10.1 Å². The van der Waals surface area contributed by atoms with E-state index in [1.54, 1.807) is 0 Å². The average Bonchev–Trinajstić information content (AvgIpc) is 2.28. The Kier molecular flexibility index (Phi) is 3.62. The first kappa shape index (κ1) is 10.9. The first-order valence-electron chi connectivity index (χ1n) is 6.20. The van der Waals surface area contributed by atoms with Crippen molar-refractivity contribution in [3.63, 3.8) is 0 Å². The van der Waals surface area contributed by atoms with Crippen molar-refractivity contribution in [1.82, 2.24) is 5.32 Å². The Morgan fingerprint density at radius 3 is 2.93 bits per heavy atom. The molecule has 0 aromatic rings. The van der Waals surface area contributed by atoms with Gasteiger partial charge in [0.2, 0.25) is 0 Å². The summed E-state index contributed by atoms with van der Waals surface area (Å²) in [4.78, 5) is 11.8. The molecule has 0 bridgehead atoms. The summed E-state index contributed by atoms with van der Waals surface area (Å²) in [6.07, 6.45) is 5.12. The summed E-state index contributed by atoms with van der Waals surface area (Å²) in [5.41, 5.74) is 0. The molecule has 1 N–H and O–H groups in total. The molecule has 1 saturated heterocycles. The van der Waals surface area contributed by atoms with Crippen LogP contribution in [0.5, 0.6) is 0 Å². The van der Waals surface area contributed by atoms with E-state index < -0.39 is 0 Å². The third-order valence-corrected chi connectivity index (χ3v) is 3.84. The van der Waals surface area contributed by atoms with Gasteiger partial charge >= 0.3 is 5.97 Å². The summed E-state index contributed by atoms with van der Waals surface area (Å²) in [6.45, 7) is 4.31. The van der Waals surface area contributed by atoms with Crippen LogP contribution in [-0.2, 0) is 9.53 Å². The summed E-state index contributed by atoms with van der Waals surface area (Å²) in [7, 11) is 0. The first-order chi connectivity index (χ1) is 7.33. The minimum atomic E-state index is 0.0154. The molecule has 0 amide bonds. The van der Waals surface area contributed by atoms with E-state index in [2.05, 4.69) is 5.32 Å². The zero-order valence-electron chi connectivity index (χ0n) is 9.50. The Balaban J connectivity index is 2.00. The summed E-state index contributed by atoms with van der Waals surface area (Å²) in [5, 5.41) is 3.37. The van der Waals surface area contributed by atoms with Crippen molar-refractivity contribution in [3.05, 3.63) is 0 Å². The van der Waals surface area contributed by atoms with E-state index in [0.717, 1.165) is 13.1 Å². The van der Waals surface area contributed by atoms with E-state index in [1.165, 1.54) is 25.7 Å². The molecule has 1 aliphatic carbocycles. The molecule has 0 aromatic heterocycles. The standard InChI is InChI=1S/C12H21NO2/c1-2-15-12(14)11-8-13-7-9-5-3-4-6-10(9)11/h9-11,13H,2-8H2,1H3/t9-,10-,11+/m1/s1. The number of carbonyl (C=O) groups is 1. The molecule has 1 saturated carbocycles. The normalized spacial score (nSPS) is 35.7. The van der Waals surface area contributed by atoms with Crippen LogP contribution in [0.1, 0.15) is 32.6 Å². The molecule has 15 heavy (non-hydrogen) atoms. The Morgan fingerprint density at radius 2 is 2.13 bits per heavy atom. The second-order valence-electron chi connectivity index (χ2n) is 4.73. The predicted octanol–water partition coefficient (Wildman–Crippen LogP) is 1.58. The maximum atomic E-state index is 11.8. The molecule has 3 atom stereocenters. The molecule has 0 aromatic carbocycles. The smallest absolute Gasteiger partial charge is 0.310 e. The van der Waals surface area contributed by atoms with Crippen molar-refractivity contribution in [1.29, 1.82) is 0 Å². The Bertz CT molecular complexity index is 228. The van der Waals surface area contributed by atoms with E-state index in [1.807, 2.05) is 6.92 Å². The highest BCUT2D eigenvalue weighted by Crippen LogP contribution is 2.37. The lowest BCUT2D eigenvalue weighted by Gasteiger charge is -2.40. The largest absolute Gasteiger partial charge is 0.466 e. The van der Waals surface area contributed by atoms with Gasteiger partial charge in [-0.1, -0.05) is 12.8 Å². The number of esters is 1. The monoisotopic (exact) mass is 211 g/mol. The molecule has 3 nitrogen and oxygen atoms in total. The van der Waals surface area contributed by atoms with Gasteiger partial charge in [0.1, 0.15) is 0 Å². The third kappa shape index (κ3) is 2.33. The van der Waals surface area contributed by atoms with E-state index in [9.17, 15) is 4.79 Å². The lowest BCUT2D eigenvalue weighted by molar-refractivity contribution is -0.152. The van der Waals surface area contributed by atoms with Crippen LogP contribution in [0.3, 0.4) is 0 Å². The molecule has 2 rings (SSSR count). The molecule has 1 heterocycles. The Labute approximate surface area is 91.6 Å². The SMILES string of the molecule is CCOC(=O)[C@H]1CNC[C@H]2CCCC[C@H]21. The van der Waals surface area contributed by atoms with Gasteiger partial charge in [-0.2, -0.15) is 0 Å². The summed E-state index contributed by atoms with van der Waals surface area (Å²) in [6, 6.07) is 0. The van der Waals surface area contributed by atoms with Gasteiger partial charge in [0.25, 0.3) is 0 Å². The van der Waals surface area contributed by atoms with E-state index >= 15 is 0 Å². The average molecular weight is 211 g/mol. The quantitative estimate of drug-likeness (QED) is 0.705. The van der Waals surface area contributed by atoms with Crippen LogP contribution in [0.15, 0.2) is 0 Å². The van der Waals surface area contributed by atoms with Gasteiger partial charge in [0.05, 0.1) is 12.5 Å². The summed E-state index contributed by atoms with van der Waals surface area (Å²) < 4.78 is 5.15. The number of carbonyl (C=O) groups excluding carboxylic acids is 1. The van der Waals surface area contributed by atoms with Crippen LogP contribution in [0.2, 0.25) is 0 Å². The van der Waals surface area contributed by atoms with Crippen molar-refractivity contribution in [2.24, 2.45) is 17.8 Å². The fourth-order valence-corrected chi connectivity index (χ4v) is 3.10. The second kappa shape index (κ2) is 4.97. The molecule has 0 radical (unpaired) electrons. The van der Waals surface area contributed by atoms with Gasteiger partial charge in [-0.05, 0) is 38.1 Å². The van der Waals surface area contributed by atoms with Crippen LogP contribution < -0.4 is 5.32 Å². The molecule has 2 fully saturated rings. The highest BCUT2D eigenvalue weighted by Gasteiger charge is 2.39. The highest BCUT2D eigenvalue weighted by atomic mass is 16.5. The lowest BCUT2D eigenvalue weighted by atomic mass is 9.70. The number of nitrogens with one attached hydrogen (secondary N) is 1. The minimum absolute atomic E-state index is 0.0154.